The summed E-state index contributed by atoms with van der Waals surface area (Å²) in [5.41, 5.74) is 0. The molecule has 2 aliphatic rings. The molecule has 10 heteroatoms. The molecular weight excluding hydrogens is 472 g/mol. The highest BCUT2D eigenvalue weighted by atomic mass is 32.2. The van der Waals surface area contributed by atoms with Gasteiger partial charge < -0.3 is 0 Å². The van der Waals surface area contributed by atoms with Crippen LogP contribution in [0.4, 0.5) is 0 Å². The van der Waals surface area contributed by atoms with E-state index in [-0.39, 0.29) is 20.8 Å². The van der Waals surface area contributed by atoms with Gasteiger partial charge >= 0.3 is 0 Å². The van der Waals surface area contributed by atoms with Gasteiger partial charge in [-0.25, -0.2) is 36.8 Å². The van der Waals surface area contributed by atoms with E-state index in [1.807, 2.05) is 12.2 Å². The lowest BCUT2D eigenvalue weighted by atomic mass is 9.89. The summed E-state index contributed by atoms with van der Waals surface area (Å²) in [7, 11) is -6.75. The number of allylic oxidation sites excluding steroid dienone is 2. The van der Waals surface area contributed by atoms with Crippen LogP contribution in [0.25, 0.3) is 0 Å². The Hall–Kier alpha value is -2.46. The third kappa shape index (κ3) is 6.35. The van der Waals surface area contributed by atoms with E-state index in [0.717, 1.165) is 25.7 Å². The van der Waals surface area contributed by atoms with Crippen LogP contribution < -0.4 is 0 Å². The van der Waals surface area contributed by atoms with Gasteiger partial charge in [0.25, 0.3) is 0 Å². The highest BCUT2D eigenvalue weighted by molar-refractivity contribution is 7.92. The van der Waals surface area contributed by atoms with Gasteiger partial charge in [-0.15, -0.1) is 13.2 Å². The maximum absolute atomic E-state index is 12.3. The molecule has 0 bridgehead atoms. The van der Waals surface area contributed by atoms with E-state index in [2.05, 4.69) is 33.1 Å². The summed E-state index contributed by atoms with van der Waals surface area (Å²) < 4.78 is 49.2. The highest BCUT2D eigenvalue weighted by Crippen LogP contribution is 2.32. The van der Waals surface area contributed by atoms with Crippen LogP contribution in [0.15, 0.2) is 72.5 Å². The molecule has 0 aliphatic heterocycles. The van der Waals surface area contributed by atoms with Crippen LogP contribution >= 0.6 is 0 Å². The lowest BCUT2D eigenvalue weighted by Crippen LogP contribution is -2.28. The number of nitrogens with zero attached hydrogens (tertiary/aromatic N) is 4. The first kappa shape index (κ1) is 26.2. The molecule has 0 unspecified atom stereocenters. The summed E-state index contributed by atoms with van der Waals surface area (Å²) in [5.74, 6) is 0.597. The van der Waals surface area contributed by atoms with Gasteiger partial charge in [-0.2, -0.15) is 0 Å². The maximum Gasteiger partial charge on any atom is 0.247 e. The van der Waals surface area contributed by atoms with Gasteiger partial charge in [0, 0.05) is 24.8 Å². The predicted octanol–water partition coefficient (Wildman–Crippen LogP) is 3.99. The fourth-order valence-corrected chi connectivity index (χ4v) is 7.90. The average Bonchev–Trinajstić information content (AvgIpc) is 2.90. The van der Waals surface area contributed by atoms with Crippen molar-refractivity contribution in [3.05, 3.63) is 62.2 Å². The molecule has 34 heavy (non-hydrogen) atoms. The molecule has 184 valence electrons. The topological polar surface area (TPSA) is 120 Å². The molecule has 2 aliphatic carbocycles. The minimum absolute atomic E-state index is 0.0466. The Balaban J connectivity index is 0.000000191. The van der Waals surface area contributed by atoms with Crippen molar-refractivity contribution in [3.8, 4) is 0 Å². The maximum atomic E-state index is 12.3. The summed E-state index contributed by atoms with van der Waals surface area (Å²) in [6, 6.07) is 3.23. The molecule has 8 nitrogen and oxygen atoms in total. The Labute approximate surface area is 202 Å². The van der Waals surface area contributed by atoms with Gasteiger partial charge in [0.1, 0.15) is 0 Å². The van der Waals surface area contributed by atoms with Gasteiger partial charge in [0.15, 0.2) is 0 Å². The molecule has 0 N–H and O–H groups in total. The minimum atomic E-state index is -3.38. The van der Waals surface area contributed by atoms with Crippen LogP contribution in [0.1, 0.15) is 51.4 Å². The molecule has 0 saturated heterocycles. The van der Waals surface area contributed by atoms with Gasteiger partial charge in [-0.3, -0.25) is 0 Å². The van der Waals surface area contributed by atoms with E-state index in [4.69, 9.17) is 0 Å². The highest BCUT2D eigenvalue weighted by Gasteiger charge is 2.34. The monoisotopic (exact) mass is 504 g/mol. The van der Waals surface area contributed by atoms with Crippen molar-refractivity contribution in [1.82, 2.24) is 19.9 Å². The van der Waals surface area contributed by atoms with E-state index in [0.29, 0.717) is 37.5 Å². The van der Waals surface area contributed by atoms with E-state index in [9.17, 15) is 16.8 Å². The number of hydrogen-bond acceptors (Lipinski definition) is 8. The van der Waals surface area contributed by atoms with Crippen LogP contribution in [-0.4, -0.2) is 47.3 Å². The second-order valence-electron chi connectivity index (χ2n) is 8.72. The zero-order chi connectivity index (χ0) is 24.6. The van der Waals surface area contributed by atoms with E-state index in [1.54, 1.807) is 12.1 Å². The van der Waals surface area contributed by atoms with Crippen molar-refractivity contribution in [2.24, 2.45) is 11.8 Å². The summed E-state index contributed by atoms with van der Waals surface area (Å²) in [6.07, 6.45) is 16.2. The third-order valence-electron chi connectivity index (χ3n) is 6.47. The summed E-state index contributed by atoms with van der Waals surface area (Å²) >= 11 is 0. The smallest absolute Gasteiger partial charge is 0.227 e. The van der Waals surface area contributed by atoms with Crippen molar-refractivity contribution in [3.63, 3.8) is 0 Å². The molecule has 0 radical (unpaired) electrons. The molecular formula is C24H32N4O4S2. The Kier molecular flexibility index (Phi) is 9.07. The molecule has 4 atom stereocenters. The minimum Gasteiger partial charge on any atom is -0.227 e. The molecule has 2 aromatic heterocycles. The van der Waals surface area contributed by atoms with Gasteiger partial charge in [0.2, 0.25) is 30.0 Å². The summed E-state index contributed by atoms with van der Waals surface area (Å²) in [5, 5.41) is -0.812. The number of rotatable bonds is 6. The first-order valence-corrected chi connectivity index (χ1v) is 14.6. The lowest BCUT2D eigenvalue weighted by Gasteiger charge is -2.26. The SMILES string of the molecule is C=C[C@@H]1CCC[C@@H](S(=O)(=O)c2ncccn2)C1.C=C[C@H]1CCC[C@H](S(=O)(=O)c2ncccn2)C1. The van der Waals surface area contributed by atoms with Crippen molar-refractivity contribution >= 4 is 19.7 Å². The third-order valence-corrected chi connectivity index (χ3v) is 10.5. The number of aromatic nitrogens is 4. The Morgan fingerprint density at radius 3 is 1.32 bits per heavy atom. The molecule has 0 aromatic carbocycles. The number of sulfone groups is 2. The van der Waals surface area contributed by atoms with Gasteiger partial charge in [0.05, 0.1) is 10.5 Å². The van der Waals surface area contributed by atoms with E-state index < -0.39 is 19.7 Å². The van der Waals surface area contributed by atoms with Crippen molar-refractivity contribution < 1.29 is 16.8 Å². The second kappa shape index (κ2) is 11.8. The van der Waals surface area contributed by atoms with E-state index in [1.165, 1.54) is 24.8 Å². The van der Waals surface area contributed by atoms with Crippen LogP contribution in [0.2, 0.25) is 0 Å². The molecule has 0 amide bonds. The van der Waals surface area contributed by atoms with Gasteiger partial charge in [-0.05, 0) is 62.5 Å². The van der Waals surface area contributed by atoms with Crippen molar-refractivity contribution in [2.45, 2.75) is 72.2 Å². The average molecular weight is 505 g/mol. The Morgan fingerprint density at radius 2 is 1.00 bits per heavy atom. The molecule has 2 fully saturated rings. The van der Waals surface area contributed by atoms with Crippen LogP contribution in [0.5, 0.6) is 0 Å². The largest absolute Gasteiger partial charge is 0.247 e. The standard InChI is InChI=1S/2C12H16N2O2S/c2*1-2-10-5-3-6-11(9-10)17(15,16)12-13-7-4-8-14-12/h2*2,4,7-8,10-11H,1,3,5-6,9H2/t2*10-,11-/m10/s1. The normalized spacial score (nSPS) is 25.4. The molecule has 0 spiro atoms. The van der Waals surface area contributed by atoms with Crippen LogP contribution in [-0.2, 0) is 19.7 Å². The predicted molar refractivity (Wildman–Crippen MR) is 130 cm³/mol. The van der Waals surface area contributed by atoms with E-state index >= 15 is 0 Å². The lowest BCUT2D eigenvalue weighted by molar-refractivity contribution is 0.412. The van der Waals surface area contributed by atoms with Crippen molar-refractivity contribution in [1.29, 1.82) is 0 Å². The molecule has 4 rings (SSSR count). The quantitative estimate of drug-likeness (QED) is 0.428. The molecule has 2 heterocycles. The number of hydrogen-bond donors (Lipinski definition) is 0. The fourth-order valence-electron chi connectivity index (χ4n) is 4.52. The Morgan fingerprint density at radius 1 is 0.647 bits per heavy atom. The zero-order valence-electron chi connectivity index (χ0n) is 19.2. The Bertz CT molecular complexity index is 1060. The second-order valence-corrected chi connectivity index (χ2v) is 13.0. The van der Waals surface area contributed by atoms with Crippen LogP contribution in [0.3, 0.4) is 0 Å². The molecule has 2 saturated carbocycles. The summed E-state index contributed by atoms with van der Waals surface area (Å²) in [4.78, 5) is 15.4. The zero-order valence-corrected chi connectivity index (χ0v) is 20.9. The van der Waals surface area contributed by atoms with Crippen LogP contribution in [0, 0.1) is 11.8 Å². The fraction of sp³-hybridized carbons (Fsp3) is 0.500. The van der Waals surface area contributed by atoms with Gasteiger partial charge in [-0.1, -0.05) is 25.0 Å². The first-order valence-electron chi connectivity index (χ1n) is 11.6. The first-order chi connectivity index (χ1) is 16.3. The molecule has 2 aromatic rings. The van der Waals surface area contributed by atoms with Crippen molar-refractivity contribution in [2.75, 3.05) is 0 Å². The summed E-state index contributed by atoms with van der Waals surface area (Å²) in [6.45, 7) is 7.50.